The van der Waals surface area contributed by atoms with E-state index in [1.165, 1.54) is 25.7 Å². The van der Waals surface area contributed by atoms with E-state index in [4.69, 9.17) is 0 Å². The zero-order valence-corrected chi connectivity index (χ0v) is 27.7. The van der Waals surface area contributed by atoms with Crippen molar-refractivity contribution in [2.24, 2.45) is 94.7 Å². The van der Waals surface area contributed by atoms with Gasteiger partial charge in [0, 0.05) is 0 Å². The van der Waals surface area contributed by atoms with Crippen molar-refractivity contribution in [2.45, 2.75) is 149 Å². The molecule has 7 aliphatic rings. The minimum absolute atomic E-state index is 0.856. The van der Waals surface area contributed by atoms with Gasteiger partial charge in [-0.1, -0.05) is 84.6 Å². The molecule has 7 fully saturated rings. The van der Waals surface area contributed by atoms with Gasteiger partial charge in [-0.3, -0.25) is 0 Å². The van der Waals surface area contributed by atoms with Crippen LogP contribution in [0.1, 0.15) is 149 Å². The van der Waals surface area contributed by atoms with Gasteiger partial charge < -0.3 is 0 Å². The molecule has 0 heteroatoms. The van der Waals surface area contributed by atoms with E-state index >= 15 is 0 Å². The fourth-order valence-electron chi connectivity index (χ4n) is 14.6. The lowest BCUT2D eigenvalue weighted by molar-refractivity contribution is -0.0307. The Balaban J connectivity index is 1.11. The van der Waals surface area contributed by atoms with E-state index in [0.29, 0.717) is 0 Å². The first-order valence-corrected chi connectivity index (χ1v) is 19.7. The van der Waals surface area contributed by atoms with Gasteiger partial charge in [0.25, 0.3) is 0 Å². The Labute approximate surface area is 256 Å². The molecule has 0 nitrogen and oxygen atoms in total. The summed E-state index contributed by atoms with van der Waals surface area (Å²) in [5.74, 6) is 16.6. The molecule has 0 radical (unpaired) electrons. The van der Waals surface area contributed by atoms with Crippen LogP contribution in [0.4, 0.5) is 0 Å². The minimum Gasteiger partial charge on any atom is -0.103 e. The summed E-state index contributed by atoms with van der Waals surface area (Å²) in [6.07, 6.45) is 33.6. The molecule has 0 spiro atoms. The van der Waals surface area contributed by atoms with Gasteiger partial charge >= 0.3 is 0 Å². The van der Waals surface area contributed by atoms with Gasteiger partial charge in [0.15, 0.2) is 0 Å². The van der Waals surface area contributed by atoms with Crippen LogP contribution in [0.15, 0.2) is 12.7 Å². The molecule has 0 bridgehead atoms. The summed E-state index contributed by atoms with van der Waals surface area (Å²) in [5, 5.41) is 0. The predicted molar refractivity (Wildman–Crippen MR) is 175 cm³/mol. The highest BCUT2D eigenvalue weighted by atomic mass is 14.6. The van der Waals surface area contributed by atoms with Gasteiger partial charge in [0.2, 0.25) is 0 Å². The zero-order chi connectivity index (χ0) is 28.1. The number of hydrogen-bond donors (Lipinski definition) is 0. The summed E-state index contributed by atoms with van der Waals surface area (Å²) >= 11 is 0. The minimum atomic E-state index is 0.856. The molecule has 41 heavy (non-hydrogen) atoms. The third-order valence-corrected chi connectivity index (χ3v) is 15.9. The van der Waals surface area contributed by atoms with Crippen molar-refractivity contribution in [1.29, 1.82) is 0 Å². The van der Waals surface area contributed by atoms with Crippen LogP contribution in [0.2, 0.25) is 0 Å². The van der Waals surface area contributed by atoms with E-state index < -0.39 is 0 Å². The quantitative estimate of drug-likeness (QED) is 0.283. The zero-order valence-electron chi connectivity index (χ0n) is 27.7. The largest absolute Gasteiger partial charge is 0.103 e. The number of hydrogen-bond acceptors (Lipinski definition) is 0. The van der Waals surface area contributed by atoms with Gasteiger partial charge in [-0.25, -0.2) is 0 Å². The molecule has 0 heterocycles. The van der Waals surface area contributed by atoms with Crippen molar-refractivity contribution >= 4 is 0 Å². The molecular formula is C41H68. The molecular weight excluding hydrogens is 492 g/mol. The van der Waals surface area contributed by atoms with E-state index in [9.17, 15) is 0 Å². The molecule has 0 aromatic rings. The first kappa shape index (κ1) is 29.5. The maximum atomic E-state index is 4.41. The van der Waals surface area contributed by atoms with Crippen LogP contribution in [0.5, 0.6) is 0 Å². The van der Waals surface area contributed by atoms with E-state index in [1.807, 2.05) is 0 Å². The van der Waals surface area contributed by atoms with Crippen LogP contribution in [0, 0.1) is 94.7 Å². The van der Waals surface area contributed by atoms with Crippen LogP contribution >= 0.6 is 0 Å². The van der Waals surface area contributed by atoms with Crippen molar-refractivity contribution in [2.75, 3.05) is 0 Å². The van der Waals surface area contributed by atoms with Gasteiger partial charge in [-0.2, -0.15) is 0 Å². The summed E-state index contributed by atoms with van der Waals surface area (Å²) < 4.78 is 0. The van der Waals surface area contributed by atoms with E-state index in [2.05, 4.69) is 33.4 Å². The standard InChI is InChI=1S/C41H68/c1-5-12-32-30(6-2)39-25-40(39)36-22-21-28(24-38(32)36)31-18-11-20-33(31)34-19-10-14-27(4)41(29-15-9-13-26(3)23-29)37-17-8-7-16-35(34)37/h6,26-41H,2,5,7-25H2,1,3-4H3. The molecule has 0 N–H and O–H groups in total. The maximum absolute atomic E-state index is 4.41. The van der Waals surface area contributed by atoms with Gasteiger partial charge in [0.05, 0.1) is 0 Å². The molecule has 16 atom stereocenters. The molecule has 7 rings (SSSR count). The second kappa shape index (κ2) is 12.6. The van der Waals surface area contributed by atoms with Crippen molar-refractivity contribution in [1.82, 2.24) is 0 Å². The summed E-state index contributed by atoms with van der Waals surface area (Å²) in [5.41, 5.74) is 0. The lowest BCUT2D eigenvalue weighted by Crippen LogP contribution is -2.45. The molecule has 0 aromatic carbocycles. The number of fused-ring (bicyclic) bond motifs is 4. The topological polar surface area (TPSA) is 0 Å². The maximum Gasteiger partial charge on any atom is -0.0174 e. The van der Waals surface area contributed by atoms with Crippen molar-refractivity contribution in [3.05, 3.63) is 12.7 Å². The second-order valence-electron chi connectivity index (χ2n) is 17.8. The van der Waals surface area contributed by atoms with Crippen LogP contribution < -0.4 is 0 Å². The average molecular weight is 561 g/mol. The number of rotatable bonds is 6. The molecule has 7 aliphatic carbocycles. The lowest BCUT2D eigenvalue weighted by atomic mass is 9.53. The van der Waals surface area contributed by atoms with Crippen LogP contribution in [-0.2, 0) is 0 Å². The molecule has 16 unspecified atom stereocenters. The van der Waals surface area contributed by atoms with Crippen LogP contribution in [0.25, 0.3) is 0 Å². The average Bonchev–Trinajstić information content (AvgIpc) is 3.63. The lowest BCUT2D eigenvalue weighted by Gasteiger charge is -2.52. The SMILES string of the molecule is C=CC1C(CCC)C2CC(C3CCCC3C3CCCC(C)C(C4CCCC(C)C4)C4CCCCC34)CCC2C2CC12. The fourth-order valence-corrected chi connectivity index (χ4v) is 14.6. The van der Waals surface area contributed by atoms with Crippen LogP contribution in [0.3, 0.4) is 0 Å². The first-order valence-electron chi connectivity index (χ1n) is 19.7. The van der Waals surface area contributed by atoms with Gasteiger partial charge in [0.1, 0.15) is 0 Å². The highest BCUT2D eigenvalue weighted by molar-refractivity contribution is 5.11. The Bertz CT molecular complexity index is 871. The molecule has 7 saturated carbocycles. The third-order valence-electron chi connectivity index (χ3n) is 15.9. The summed E-state index contributed by atoms with van der Waals surface area (Å²) in [4.78, 5) is 0. The Morgan fingerprint density at radius 2 is 1.20 bits per heavy atom. The molecule has 0 aliphatic heterocycles. The normalized spacial score (nSPS) is 53.7. The Kier molecular flexibility index (Phi) is 9.07. The molecule has 0 saturated heterocycles. The van der Waals surface area contributed by atoms with E-state index in [-0.39, 0.29) is 0 Å². The monoisotopic (exact) mass is 561 g/mol. The molecule has 232 valence electrons. The first-order chi connectivity index (χ1) is 20.1. The summed E-state index contributed by atoms with van der Waals surface area (Å²) in [6, 6.07) is 0. The predicted octanol–water partition coefficient (Wildman–Crippen LogP) is 12.0. The Hall–Kier alpha value is -0.260. The second-order valence-corrected chi connectivity index (χ2v) is 17.8. The third kappa shape index (κ3) is 5.58. The van der Waals surface area contributed by atoms with Crippen molar-refractivity contribution in [3.8, 4) is 0 Å². The highest BCUT2D eigenvalue weighted by Crippen LogP contribution is 2.66. The van der Waals surface area contributed by atoms with Gasteiger partial charge in [-0.15, -0.1) is 6.58 Å². The summed E-state index contributed by atoms with van der Waals surface area (Å²) in [7, 11) is 0. The van der Waals surface area contributed by atoms with Crippen molar-refractivity contribution in [3.63, 3.8) is 0 Å². The van der Waals surface area contributed by atoms with E-state index in [1.54, 1.807) is 103 Å². The van der Waals surface area contributed by atoms with Crippen molar-refractivity contribution < 1.29 is 0 Å². The van der Waals surface area contributed by atoms with Gasteiger partial charge in [-0.05, 0) is 165 Å². The smallest absolute Gasteiger partial charge is 0.0174 e. The number of allylic oxidation sites excluding steroid dienone is 1. The van der Waals surface area contributed by atoms with E-state index in [0.717, 1.165) is 94.7 Å². The van der Waals surface area contributed by atoms with Crippen LogP contribution in [-0.4, -0.2) is 0 Å². The summed E-state index contributed by atoms with van der Waals surface area (Å²) in [6.45, 7) is 12.2. The fraction of sp³-hybridized carbons (Fsp3) is 0.951. The Morgan fingerprint density at radius 1 is 0.537 bits per heavy atom. The Morgan fingerprint density at radius 3 is 1.98 bits per heavy atom. The molecule has 0 aromatic heterocycles. The highest BCUT2D eigenvalue weighted by Gasteiger charge is 2.59. The molecule has 0 amide bonds.